The molecule has 94 valence electrons. The minimum Gasteiger partial charge on any atom is -0.329 e. The van der Waals surface area contributed by atoms with E-state index in [-0.39, 0.29) is 0 Å². The van der Waals surface area contributed by atoms with E-state index < -0.39 is 0 Å². The molecule has 1 nitrogen and oxygen atoms in total. The summed E-state index contributed by atoms with van der Waals surface area (Å²) >= 11 is 5.32. The van der Waals surface area contributed by atoms with Crippen LogP contribution in [0.5, 0.6) is 0 Å². The molecule has 0 amide bonds. The number of nitrogens with two attached hydrogens (primary N) is 1. The van der Waals surface area contributed by atoms with Gasteiger partial charge in [-0.15, -0.1) is 11.8 Å². The number of aryl methyl sites for hydroxylation is 1. The first-order valence-corrected chi connectivity index (χ1v) is 7.56. The molecule has 18 heavy (non-hydrogen) atoms. The van der Waals surface area contributed by atoms with Crippen molar-refractivity contribution in [2.45, 2.75) is 17.1 Å². The highest BCUT2D eigenvalue weighted by Gasteiger charge is 2.13. The van der Waals surface area contributed by atoms with Crippen LogP contribution in [0.3, 0.4) is 0 Å². The zero-order valence-corrected chi connectivity index (χ0v) is 12.7. The van der Waals surface area contributed by atoms with E-state index in [1.165, 1.54) is 16.0 Å². The van der Waals surface area contributed by atoms with Gasteiger partial charge in [0.15, 0.2) is 0 Å². The zero-order valence-electron chi connectivity index (χ0n) is 10.3. The molecular formula is C15H16BrNS. The lowest BCUT2D eigenvalue weighted by Crippen LogP contribution is -2.10. The normalized spacial score (nSPS) is 12.4. The van der Waals surface area contributed by atoms with Gasteiger partial charge in [-0.1, -0.05) is 46.3 Å². The molecule has 0 saturated carbocycles. The van der Waals surface area contributed by atoms with Gasteiger partial charge in [-0.05, 0) is 36.2 Å². The summed E-state index contributed by atoms with van der Waals surface area (Å²) in [5.41, 5.74) is 8.55. The van der Waals surface area contributed by atoms with Crippen molar-refractivity contribution in [3.05, 3.63) is 64.1 Å². The summed E-state index contributed by atoms with van der Waals surface area (Å²) in [6, 6.07) is 16.8. The molecule has 0 aliphatic carbocycles. The van der Waals surface area contributed by atoms with Crippen LogP contribution in [0.2, 0.25) is 0 Å². The average molecular weight is 322 g/mol. The molecule has 3 heteroatoms. The molecule has 2 rings (SSSR count). The third kappa shape index (κ3) is 3.37. The molecule has 1 atom stereocenters. The quantitative estimate of drug-likeness (QED) is 0.836. The highest BCUT2D eigenvalue weighted by molar-refractivity contribution is 9.10. The van der Waals surface area contributed by atoms with E-state index in [9.17, 15) is 0 Å². The Balaban J connectivity index is 2.23. The Morgan fingerprint density at radius 2 is 1.94 bits per heavy atom. The van der Waals surface area contributed by atoms with E-state index in [0.717, 1.165) is 4.47 Å². The van der Waals surface area contributed by atoms with E-state index in [4.69, 9.17) is 5.73 Å². The molecule has 0 radical (unpaired) electrons. The van der Waals surface area contributed by atoms with Gasteiger partial charge >= 0.3 is 0 Å². The van der Waals surface area contributed by atoms with Gasteiger partial charge in [-0.3, -0.25) is 0 Å². The average Bonchev–Trinajstić information content (AvgIpc) is 2.37. The van der Waals surface area contributed by atoms with Crippen LogP contribution in [-0.4, -0.2) is 6.54 Å². The molecule has 2 N–H and O–H groups in total. The summed E-state index contributed by atoms with van der Waals surface area (Å²) in [5, 5.41) is 0.306. The molecular weight excluding hydrogens is 306 g/mol. The Morgan fingerprint density at radius 3 is 2.61 bits per heavy atom. The van der Waals surface area contributed by atoms with Crippen LogP contribution in [0.25, 0.3) is 0 Å². The smallest absolute Gasteiger partial charge is 0.0469 e. The van der Waals surface area contributed by atoms with Gasteiger partial charge in [0.1, 0.15) is 0 Å². The van der Waals surface area contributed by atoms with Gasteiger partial charge in [0.25, 0.3) is 0 Å². The van der Waals surface area contributed by atoms with Crippen LogP contribution in [0.15, 0.2) is 57.9 Å². The Hall–Kier alpha value is -0.770. The van der Waals surface area contributed by atoms with Gasteiger partial charge in [-0.25, -0.2) is 0 Å². The maximum atomic E-state index is 5.93. The predicted molar refractivity (Wildman–Crippen MR) is 83.0 cm³/mol. The van der Waals surface area contributed by atoms with Crippen LogP contribution in [0.4, 0.5) is 0 Å². The van der Waals surface area contributed by atoms with Gasteiger partial charge in [0.05, 0.1) is 0 Å². The summed E-state index contributed by atoms with van der Waals surface area (Å²) in [7, 11) is 0. The lowest BCUT2D eigenvalue weighted by atomic mass is 10.1. The van der Waals surface area contributed by atoms with Crippen molar-refractivity contribution in [3.8, 4) is 0 Å². The first-order chi connectivity index (χ1) is 8.70. The third-order valence-electron chi connectivity index (χ3n) is 2.82. The molecule has 0 aliphatic rings. The van der Waals surface area contributed by atoms with Crippen molar-refractivity contribution in [1.82, 2.24) is 0 Å². The van der Waals surface area contributed by atoms with Crippen molar-refractivity contribution in [3.63, 3.8) is 0 Å². The lowest BCUT2D eigenvalue weighted by Gasteiger charge is -2.17. The van der Waals surface area contributed by atoms with E-state index in [2.05, 4.69) is 65.3 Å². The fourth-order valence-corrected chi connectivity index (χ4v) is 3.61. The summed E-state index contributed by atoms with van der Waals surface area (Å²) < 4.78 is 1.10. The molecule has 2 aromatic rings. The van der Waals surface area contributed by atoms with Gasteiger partial charge in [-0.2, -0.15) is 0 Å². The summed E-state index contributed by atoms with van der Waals surface area (Å²) in [6.07, 6.45) is 0. The number of benzene rings is 2. The molecule has 1 unspecified atom stereocenters. The van der Waals surface area contributed by atoms with E-state index in [1.807, 2.05) is 17.8 Å². The van der Waals surface area contributed by atoms with E-state index >= 15 is 0 Å². The molecule has 0 aromatic heterocycles. The Bertz CT molecular complexity index is 527. The third-order valence-corrected chi connectivity index (χ3v) is 4.57. The van der Waals surface area contributed by atoms with Crippen molar-refractivity contribution < 1.29 is 0 Å². The minimum atomic E-state index is 0.306. The molecule has 0 saturated heterocycles. The number of hydrogen-bond acceptors (Lipinski definition) is 2. The van der Waals surface area contributed by atoms with Gasteiger partial charge in [0.2, 0.25) is 0 Å². The first kappa shape index (κ1) is 13.7. The van der Waals surface area contributed by atoms with Crippen molar-refractivity contribution in [2.24, 2.45) is 5.73 Å². The topological polar surface area (TPSA) is 26.0 Å². The van der Waals surface area contributed by atoms with Crippen molar-refractivity contribution in [2.75, 3.05) is 6.54 Å². The predicted octanol–water partition coefficient (Wildman–Crippen LogP) is 4.55. The van der Waals surface area contributed by atoms with Crippen molar-refractivity contribution >= 4 is 27.7 Å². The SMILES string of the molecule is Cc1ccccc1C(CN)Sc1cccc(Br)c1. The fraction of sp³-hybridized carbons (Fsp3) is 0.200. The largest absolute Gasteiger partial charge is 0.329 e. The number of hydrogen-bond donors (Lipinski definition) is 1. The highest BCUT2D eigenvalue weighted by atomic mass is 79.9. The Kier molecular flexibility index (Phi) is 4.87. The van der Waals surface area contributed by atoms with Crippen LogP contribution < -0.4 is 5.73 Å². The molecule has 0 fully saturated rings. The van der Waals surface area contributed by atoms with Crippen LogP contribution in [-0.2, 0) is 0 Å². The maximum absolute atomic E-state index is 5.93. The maximum Gasteiger partial charge on any atom is 0.0469 e. The van der Waals surface area contributed by atoms with Gasteiger partial charge < -0.3 is 5.73 Å². The van der Waals surface area contributed by atoms with Gasteiger partial charge in [0, 0.05) is 21.2 Å². The first-order valence-electron chi connectivity index (χ1n) is 5.88. The molecule has 0 bridgehead atoms. The molecule has 2 aromatic carbocycles. The fourth-order valence-electron chi connectivity index (χ4n) is 1.89. The van der Waals surface area contributed by atoms with Crippen LogP contribution >= 0.6 is 27.7 Å². The zero-order chi connectivity index (χ0) is 13.0. The Morgan fingerprint density at radius 1 is 1.17 bits per heavy atom. The summed E-state index contributed by atoms with van der Waals surface area (Å²) in [4.78, 5) is 1.24. The standard InChI is InChI=1S/C15H16BrNS/c1-11-5-2-3-8-14(11)15(10-17)18-13-7-4-6-12(16)9-13/h2-9,15H,10,17H2,1H3. The second-order valence-corrected chi connectivity index (χ2v) is 6.35. The number of halogens is 1. The Labute approximate surface area is 121 Å². The lowest BCUT2D eigenvalue weighted by molar-refractivity contribution is 0.931. The number of thioether (sulfide) groups is 1. The minimum absolute atomic E-state index is 0.306. The van der Waals surface area contributed by atoms with E-state index in [1.54, 1.807) is 0 Å². The molecule has 0 heterocycles. The summed E-state index contributed by atoms with van der Waals surface area (Å²) in [5.74, 6) is 0. The summed E-state index contributed by atoms with van der Waals surface area (Å²) in [6.45, 7) is 2.78. The molecule has 0 aliphatic heterocycles. The monoisotopic (exact) mass is 321 g/mol. The van der Waals surface area contributed by atoms with E-state index in [0.29, 0.717) is 11.8 Å². The van der Waals surface area contributed by atoms with Crippen molar-refractivity contribution in [1.29, 1.82) is 0 Å². The van der Waals surface area contributed by atoms with Crippen LogP contribution in [0, 0.1) is 6.92 Å². The second-order valence-electron chi connectivity index (χ2n) is 4.16. The van der Waals surface area contributed by atoms with Crippen LogP contribution in [0.1, 0.15) is 16.4 Å². The second kappa shape index (κ2) is 6.41. The number of rotatable bonds is 4. The highest BCUT2D eigenvalue weighted by Crippen LogP contribution is 2.36. The molecule has 0 spiro atoms.